The number of ether oxygens (including phenoxy) is 1. The number of piperidine rings is 1. The van der Waals surface area contributed by atoms with Gasteiger partial charge in [0.1, 0.15) is 11.5 Å². The van der Waals surface area contributed by atoms with Crippen molar-refractivity contribution >= 4 is 17.9 Å². The van der Waals surface area contributed by atoms with Crippen LogP contribution < -0.4 is 10.1 Å². The molecule has 1 aromatic carbocycles. The fourth-order valence-corrected chi connectivity index (χ4v) is 4.77. The Morgan fingerprint density at radius 1 is 1.48 bits per heavy atom. The second-order valence-corrected chi connectivity index (χ2v) is 8.19. The van der Waals surface area contributed by atoms with Crippen LogP contribution in [0, 0.1) is 11.3 Å². The van der Waals surface area contributed by atoms with E-state index in [2.05, 4.69) is 35.0 Å². The maximum Gasteiger partial charge on any atom is 0.157 e. The molecule has 1 saturated carbocycles. The van der Waals surface area contributed by atoms with Gasteiger partial charge in [-0.05, 0) is 57.5 Å². The van der Waals surface area contributed by atoms with Crippen molar-refractivity contribution in [2.24, 2.45) is 11.3 Å². The molecule has 2 fully saturated rings. The molecule has 2 N–H and O–H groups in total. The third-order valence-corrected chi connectivity index (χ3v) is 6.34. The van der Waals surface area contributed by atoms with E-state index >= 15 is 0 Å². The van der Waals surface area contributed by atoms with Crippen molar-refractivity contribution in [3.05, 3.63) is 40.7 Å². The third kappa shape index (κ3) is 2.91. The highest BCUT2D eigenvalue weighted by molar-refractivity contribution is 6.32. The number of aromatic hydroxyl groups is 1. The molecule has 1 aromatic heterocycles. The molecule has 2 aliphatic rings. The topological polar surface area (TPSA) is 76.4 Å². The second kappa shape index (κ2) is 6.84. The molecule has 1 aliphatic carbocycles. The van der Waals surface area contributed by atoms with Crippen LogP contribution in [0.1, 0.15) is 48.3 Å². The summed E-state index contributed by atoms with van der Waals surface area (Å²) in [5, 5.41) is 18.1. The van der Waals surface area contributed by atoms with E-state index in [1.165, 1.54) is 5.69 Å². The summed E-state index contributed by atoms with van der Waals surface area (Å²) < 4.78 is 8.16. The first-order valence-corrected chi connectivity index (χ1v) is 9.71. The number of fused-ring (bicyclic) bond motifs is 1. The lowest BCUT2D eigenvalue weighted by Gasteiger charge is -2.24. The van der Waals surface area contributed by atoms with E-state index in [0.717, 1.165) is 19.5 Å². The number of nitrogens with zero attached hydrogens (tertiary/aromatic N) is 2. The number of rotatable bonds is 6. The van der Waals surface area contributed by atoms with Crippen LogP contribution in [0.15, 0.2) is 24.4 Å². The number of aldehydes is 1. The van der Waals surface area contributed by atoms with Crippen LogP contribution in [0.25, 0.3) is 0 Å². The lowest BCUT2D eigenvalue weighted by Crippen LogP contribution is -2.32. The molecule has 27 heavy (non-hydrogen) atoms. The molecule has 0 amide bonds. The van der Waals surface area contributed by atoms with E-state index in [1.54, 1.807) is 12.1 Å². The summed E-state index contributed by atoms with van der Waals surface area (Å²) in [5.41, 5.74) is 1.37. The van der Waals surface area contributed by atoms with Gasteiger partial charge in [0.05, 0.1) is 17.2 Å². The van der Waals surface area contributed by atoms with Crippen LogP contribution in [0.4, 0.5) is 0 Å². The molecule has 0 radical (unpaired) electrons. The third-order valence-electron chi connectivity index (χ3n) is 6.03. The molecular weight excluding hydrogens is 366 g/mol. The number of phenols is 1. The van der Waals surface area contributed by atoms with Crippen molar-refractivity contribution in [1.29, 1.82) is 0 Å². The maximum atomic E-state index is 11.4. The summed E-state index contributed by atoms with van der Waals surface area (Å²) >= 11 is 5.90. The molecule has 1 saturated heterocycles. The van der Waals surface area contributed by atoms with E-state index in [9.17, 15) is 9.90 Å². The minimum Gasteiger partial charge on any atom is -0.505 e. The smallest absolute Gasteiger partial charge is 0.157 e. The lowest BCUT2D eigenvalue weighted by atomic mass is 9.95. The Hall–Kier alpha value is -2.05. The molecule has 2 aromatic rings. The predicted molar refractivity (Wildman–Crippen MR) is 103 cm³/mol. The minimum atomic E-state index is -0.228. The molecule has 144 valence electrons. The number of nitrogens with one attached hydrogen (secondary N) is 1. The number of benzene rings is 1. The Balaban J connectivity index is 1.60. The number of carbonyl (C=O) groups is 1. The molecule has 2 heterocycles. The number of phenolic OH excluding ortho intramolecular Hbond substituents is 1. The Labute approximate surface area is 163 Å². The van der Waals surface area contributed by atoms with Crippen LogP contribution in [0.2, 0.25) is 5.02 Å². The normalized spacial score (nSPS) is 26.7. The Morgan fingerprint density at radius 2 is 2.30 bits per heavy atom. The van der Waals surface area contributed by atoms with Crippen molar-refractivity contribution in [2.45, 2.75) is 32.2 Å². The van der Waals surface area contributed by atoms with Gasteiger partial charge in [-0.1, -0.05) is 11.6 Å². The van der Waals surface area contributed by atoms with Crippen LogP contribution in [0.3, 0.4) is 0 Å². The zero-order chi connectivity index (χ0) is 19.2. The van der Waals surface area contributed by atoms with Crippen molar-refractivity contribution in [1.82, 2.24) is 15.1 Å². The summed E-state index contributed by atoms with van der Waals surface area (Å²) in [6.45, 7) is 6.66. The van der Waals surface area contributed by atoms with E-state index < -0.39 is 0 Å². The van der Waals surface area contributed by atoms with E-state index in [-0.39, 0.29) is 21.8 Å². The van der Waals surface area contributed by atoms with Crippen LogP contribution >= 0.6 is 11.6 Å². The van der Waals surface area contributed by atoms with Gasteiger partial charge >= 0.3 is 0 Å². The monoisotopic (exact) mass is 389 g/mol. The fraction of sp³-hybridized carbons (Fsp3) is 0.500. The zero-order valence-corrected chi connectivity index (χ0v) is 16.2. The van der Waals surface area contributed by atoms with Gasteiger partial charge in [0, 0.05) is 29.3 Å². The number of hydrogen-bond acceptors (Lipinski definition) is 5. The standard InChI is InChI=1S/C20H24ClN3O3/c1-12(2)24-16(5-7-23-24)18-14-9-22-8-6-20(14,18)11-27-17-4-3-15(21)19(26)13(17)10-25/h3-5,7,10,12,14,18,22,26H,6,8-9,11H2,1-2H3/t14-,18?,20?/m1/s1. The Morgan fingerprint density at radius 3 is 3.04 bits per heavy atom. The summed E-state index contributed by atoms with van der Waals surface area (Å²) in [5.74, 6) is 0.995. The quantitative estimate of drug-likeness (QED) is 0.740. The Kier molecular flexibility index (Phi) is 4.64. The zero-order valence-electron chi connectivity index (χ0n) is 15.5. The minimum absolute atomic E-state index is 0.0212. The van der Waals surface area contributed by atoms with Crippen LogP contribution in [-0.2, 0) is 0 Å². The van der Waals surface area contributed by atoms with Gasteiger partial charge in [0.15, 0.2) is 6.29 Å². The first-order chi connectivity index (χ1) is 13.0. The van der Waals surface area contributed by atoms with Gasteiger partial charge < -0.3 is 15.2 Å². The predicted octanol–water partition coefficient (Wildman–Crippen LogP) is 3.41. The first-order valence-electron chi connectivity index (χ1n) is 9.33. The first kappa shape index (κ1) is 18.3. The Bertz CT molecular complexity index is 866. The molecule has 0 spiro atoms. The van der Waals surface area contributed by atoms with Gasteiger partial charge in [-0.2, -0.15) is 5.10 Å². The highest BCUT2D eigenvalue weighted by atomic mass is 35.5. The van der Waals surface area contributed by atoms with Crippen LogP contribution in [0.5, 0.6) is 11.5 Å². The number of hydrogen-bond donors (Lipinski definition) is 2. The number of aromatic nitrogens is 2. The molecule has 3 atom stereocenters. The van der Waals surface area contributed by atoms with Gasteiger partial charge in [-0.15, -0.1) is 0 Å². The maximum absolute atomic E-state index is 11.4. The SMILES string of the molecule is CC(C)n1nccc1C1[C@H]2CNCCC12COc1ccc(Cl)c(O)c1C=O. The van der Waals surface area contributed by atoms with Crippen molar-refractivity contribution < 1.29 is 14.6 Å². The average molecular weight is 390 g/mol. The molecule has 4 rings (SSSR count). The van der Waals surface area contributed by atoms with Gasteiger partial charge in [0.25, 0.3) is 0 Å². The van der Waals surface area contributed by atoms with E-state index in [0.29, 0.717) is 36.5 Å². The summed E-state index contributed by atoms with van der Waals surface area (Å²) in [6.07, 6.45) is 3.46. The summed E-state index contributed by atoms with van der Waals surface area (Å²) in [7, 11) is 0. The summed E-state index contributed by atoms with van der Waals surface area (Å²) in [6, 6.07) is 5.61. The van der Waals surface area contributed by atoms with Crippen molar-refractivity contribution in [3.63, 3.8) is 0 Å². The second-order valence-electron chi connectivity index (χ2n) is 7.78. The molecule has 2 unspecified atom stereocenters. The largest absolute Gasteiger partial charge is 0.505 e. The molecule has 0 bridgehead atoms. The highest BCUT2D eigenvalue weighted by Crippen LogP contribution is 2.67. The van der Waals surface area contributed by atoms with Gasteiger partial charge in [-0.3, -0.25) is 9.48 Å². The fourth-order valence-electron chi connectivity index (χ4n) is 4.60. The van der Waals surface area contributed by atoms with Gasteiger partial charge in [0.2, 0.25) is 0 Å². The van der Waals surface area contributed by atoms with Gasteiger partial charge in [-0.25, -0.2) is 0 Å². The number of carbonyl (C=O) groups excluding carboxylic acids is 1. The van der Waals surface area contributed by atoms with E-state index in [1.807, 2.05) is 6.20 Å². The summed E-state index contributed by atoms with van der Waals surface area (Å²) in [4.78, 5) is 11.4. The number of halogens is 1. The van der Waals surface area contributed by atoms with Crippen LogP contribution in [-0.4, -0.2) is 40.9 Å². The molecule has 7 heteroatoms. The van der Waals surface area contributed by atoms with E-state index in [4.69, 9.17) is 16.3 Å². The molecule has 6 nitrogen and oxygen atoms in total. The lowest BCUT2D eigenvalue weighted by molar-refractivity contribution is 0.111. The van der Waals surface area contributed by atoms with Crippen molar-refractivity contribution in [3.8, 4) is 11.5 Å². The van der Waals surface area contributed by atoms with Crippen molar-refractivity contribution in [2.75, 3.05) is 19.7 Å². The molecule has 1 aliphatic heterocycles. The molecular formula is C20H24ClN3O3. The highest BCUT2D eigenvalue weighted by Gasteiger charge is 2.66. The average Bonchev–Trinajstić information content (AvgIpc) is 3.05.